The molecule has 0 amide bonds. The van der Waals surface area contributed by atoms with Gasteiger partial charge in [-0.1, -0.05) is 34.5 Å². The molecule has 9 heteroatoms. The van der Waals surface area contributed by atoms with Gasteiger partial charge < -0.3 is 10.1 Å². The van der Waals surface area contributed by atoms with Gasteiger partial charge in [0.2, 0.25) is 0 Å². The van der Waals surface area contributed by atoms with Crippen LogP contribution in [-0.2, 0) is 4.74 Å². The number of carbonyl (C=O) groups is 1. The van der Waals surface area contributed by atoms with Gasteiger partial charge in [0.15, 0.2) is 15.2 Å². The lowest BCUT2D eigenvalue weighted by atomic mass is 10.3. The molecule has 0 unspecified atom stereocenters. The van der Waals surface area contributed by atoms with E-state index in [1.807, 2.05) is 0 Å². The van der Waals surface area contributed by atoms with Gasteiger partial charge in [-0.2, -0.15) is 0 Å². The Morgan fingerprint density at radius 1 is 1.50 bits per heavy atom. The van der Waals surface area contributed by atoms with Gasteiger partial charge in [0.25, 0.3) is 0 Å². The van der Waals surface area contributed by atoms with Gasteiger partial charge in [-0.05, 0) is 28.1 Å². The van der Waals surface area contributed by atoms with Crippen molar-refractivity contribution < 1.29 is 13.9 Å². The monoisotopic (exact) mass is 398 g/mol. The summed E-state index contributed by atoms with van der Waals surface area (Å²) >= 11 is 16.0. The van der Waals surface area contributed by atoms with Crippen LogP contribution in [0.15, 0.2) is 16.6 Å². The molecule has 1 heterocycles. The average Bonchev–Trinajstić information content (AvgIpc) is 2.74. The molecule has 0 fully saturated rings. The van der Waals surface area contributed by atoms with E-state index >= 15 is 0 Å². The Balaban J connectivity index is 2.34. The summed E-state index contributed by atoms with van der Waals surface area (Å²) < 4.78 is 18.1. The number of aromatic nitrogens is 1. The molecular weight excluding hydrogens is 394 g/mol. The van der Waals surface area contributed by atoms with Crippen LogP contribution in [0, 0.1) is 5.82 Å². The lowest BCUT2D eigenvalue weighted by Crippen LogP contribution is -1.98. The minimum atomic E-state index is -0.579. The molecule has 0 saturated heterocycles. The Morgan fingerprint density at radius 3 is 2.80 bits per heavy atom. The second kappa shape index (κ2) is 6.26. The van der Waals surface area contributed by atoms with E-state index in [2.05, 4.69) is 31.0 Å². The lowest BCUT2D eigenvalue weighted by Gasteiger charge is -2.07. The maximum Gasteiger partial charge on any atom is 0.351 e. The summed E-state index contributed by atoms with van der Waals surface area (Å²) in [6.45, 7) is 0. The number of benzene rings is 1. The van der Waals surface area contributed by atoms with Crippen molar-refractivity contribution in [3.63, 3.8) is 0 Å². The standard InChI is InChI=1S/C11H6BrCl2FN2O2S/c1-19-10(18)8-9(14)17-11(20-8)16-7-5(12)2-4(15)3-6(7)13/h2-3H,1H3,(H,16,17). The highest BCUT2D eigenvalue weighted by Crippen LogP contribution is 2.36. The van der Waals surface area contributed by atoms with Crippen LogP contribution in [0.5, 0.6) is 0 Å². The van der Waals surface area contributed by atoms with E-state index < -0.39 is 11.8 Å². The topological polar surface area (TPSA) is 51.2 Å². The second-order valence-electron chi connectivity index (χ2n) is 3.50. The largest absolute Gasteiger partial charge is 0.465 e. The van der Waals surface area contributed by atoms with E-state index in [4.69, 9.17) is 23.2 Å². The van der Waals surface area contributed by atoms with E-state index in [9.17, 15) is 9.18 Å². The first-order chi connectivity index (χ1) is 9.42. The maximum absolute atomic E-state index is 13.1. The molecule has 2 aromatic rings. The Kier molecular flexibility index (Phi) is 4.85. The average molecular weight is 400 g/mol. The number of carbonyl (C=O) groups excluding carboxylic acids is 1. The molecule has 106 valence electrons. The van der Waals surface area contributed by atoms with Gasteiger partial charge in [-0.3, -0.25) is 0 Å². The summed E-state index contributed by atoms with van der Waals surface area (Å²) in [6.07, 6.45) is 0. The maximum atomic E-state index is 13.1. The molecule has 1 aromatic carbocycles. The Hall–Kier alpha value is -0.890. The van der Waals surface area contributed by atoms with Crippen molar-refractivity contribution in [2.24, 2.45) is 0 Å². The third-order valence-corrected chi connectivity index (χ3v) is 4.46. The van der Waals surface area contributed by atoms with Gasteiger partial charge in [0, 0.05) is 4.47 Å². The number of halogens is 4. The molecule has 0 aliphatic rings. The van der Waals surface area contributed by atoms with Gasteiger partial charge in [0.1, 0.15) is 5.82 Å². The van der Waals surface area contributed by atoms with Gasteiger partial charge in [-0.15, -0.1) is 0 Å². The quantitative estimate of drug-likeness (QED) is 0.747. The first-order valence-electron chi connectivity index (χ1n) is 5.08. The van der Waals surface area contributed by atoms with Crippen LogP contribution in [0.2, 0.25) is 10.2 Å². The second-order valence-corrected chi connectivity index (χ2v) is 6.12. The third-order valence-electron chi connectivity index (χ3n) is 2.20. The highest BCUT2D eigenvalue weighted by molar-refractivity contribution is 9.10. The zero-order valence-electron chi connectivity index (χ0n) is 9.84. The number of esters is 1. The van der Waals surface area contributed by atoms with Gasteiger partial charge >= 0.3 is 5.97 Å². The first-order valence-corrected chi connectivity index (χ1v) is 7.45. The number of methoxy groups -OCH3 is 1. The molecule has 0 radical (unpaired) electrons. The minimum absolute atomic E-state index is 0.0266. The molecule has 1 aromatic heterocycles. The molecule has 0 aliphatic heterocycles. The van der Waals surface area contributed by atoms with E-state index in [1.54, 1.807) is 0 Å². The molecule has 0 atom stereocenters. The zero-order chi connectivity index (χ0) is 14.9. The normalized spacial score (nSPS) is 10.4. The van der Waals surface area contributed by atoms with E-state index in [0.717, 1.165) is 17.4 Å². The molecular formula is C11H6BrCl2FN2O2S. The summed E-state index contributed by atoms with van der Waals surface area (Å²) in [6, 6.07) is 2.41. The van der Waals surface area contributed by atoms with E-state index in [1.165, 1.54) is 13.2 Å². The Bertz CT molecular complexity index is 657. The number of ether oxygens (including phenoxy) is 1. The SMILES string of the molecule is COC(=O)c1sc(Nc2c(Cl)cc(F)cc2Br)nc1Cl. The number of nitrogens with zero attached hydrogens (tertiary/aromatic N) is 1. The summed E-state index contributed by atoms with van der Waals surface area (Å²) in [4.78, 5) is 15.6. The predicted octanol–water partition coefficient (Wildman–Crippen LogP) is 4.88. The van der Waals surface area contributed by atoms with Gasteiger partial charge in [0.05, 0.1) is 17.8 Å². The fourth-order valence-electron chi connectivity index (χ4n) is 1.34. The van der Waals surface area contributed by atoms with Crippen molar-refractivity contribution in [3.05, 3.63) is 37.5 Å². The molecule has 0 bridgehead atoms. The zero-order valence-corrected chi connectivity index (χ0v) is 13.8. The lowest BCUT2D eigenvalue weighted by molar-refractivity contribution is 0.0606. The van der Waals surface area contributed by atoms with Crippen LogP contribution in [0.3, 0.4) is 0 Å². The van der Waals surface area contributed by atoms with E-state index in [0.29, 0.717) is 15.3 Å². The van der Waals surface area contributed by atoms with Crippen molar-refractivity contribution in [2.45, 2.75) is 0 Å². The van der Waals surface area contributed by atoms with Crippen molar-refractivity contribution in [3.8, 4) is 0 Å². The Labute approximate surface area is 136 Å². The first kappa shape index (κ1) is 15.5. The van der Waals surface area contributed by atoms with Crippen LogP contribution in [0.25, 0.3) is 0 Å². The number of hydrogen-bond donors (Lipinski definition) is 1. The van der Waals surface area contributed by atoms with E-state index in [-0.39, 0.29) is 15.1 Å². The minimum Gasteiger partial charge on any atom is -0.465 e. The summed E-state index contributed by atoms with van der Waals surface area (Å²) in [5.41, 5.74) is 0.426. The fourth-order valence-corrected chi connectivity index (χ4v) is 3.35. The molecule has 4 nitrogen and oxygen atoms in total. The molecule has 1 N–H and O–H groups in total. The smallest absolute Gasteiger partial charge is 0.351 e. The molecule has 0 saturated carbocycles. The number of hydrogen-bond acceptors (Lipinski definition) is 5. The summed E-state index contributed by atoms with van der Waals surface area (Å²) in [5, 5.41) is 3.41. The number of thiazole rings is 1. The van der Waals surface area contributed by atoms with Crippen molar-refractivity contribution in [1.29, 1.82) is 0 Å². The highest BCUT2D eigenvalue weighted by atomic mass is 79.9. The van der Waals surface area contributed by atoms with Crippen molar-refractivity contribution in [1.82, 2.24) is 4.98 Å². The molecule has 20 heavy (non-hydrogen) atoms. The molecule has 0 aliphatic carbocycles. The van der Waals surface area contributed by atoms with Crippen molar-refractivity contribution >= 4 is 67.3 Å². The highest BCUT2D eigenvalue weighted by Gasteiger charge is 2.18. The van der Waals surface area contributed by atoms with Crippen molar-refractivity contribution in [2.75, 3.05) is 12.4 Å². The summed E-state index contributed by atoms with van der Waals surface area (Å²) in [5.74, 6) is -1.05. The molecule has 2 rings (SSSR count). The summed E-state index contributed by atoms with van der Waals surface area (Å²) in [7, 11) is 1.25. The fraction of sp³-hybridized carbons (Fsp3) is 0.0909. The van der Waals surface area contributed by atoms with Crippen LogP contribution < -0.4 is 5.32 Å². The predicted molar refractivity (Wildman–Crippen MR) is 80.9 cm³/mol. The van der Waals surface area contributed by atoms with Crippen LogP contribution in [0.1, 0.15) is 9.67 Å². The number of rotatable bonds is 3. The van der Waals surface area contributed by atoms with Gasteiger partial charge in [-0.25, -0.2) is 14.2 Å². The number of nitrogens with one attached hydrogen (secondary N) is 1. The Morgan fingerprint density at radius 2 is 2.20 bits per heavy atom. The van der Waals surface area contributed by atoms with Crippen LogP contribution in [-0.4, -0.2) is 18.1 Å². The number of anilines is 2. The third kappa shape index (κ3) is 3.22. The molecule has 0 spiro atoms. The van der Waals surface area contributed by atoms with Crippen LogP contribution >= 0.6 is 50.5 Å². The van der Waals surface area contributed by atoms with Crippen LogP contribution in [0.4, 0.5) is 15.2 Å².